The highest BCUT2D eigenvalue weighted by atomic mass is 127. The fourth-order valence-corrected chi connectivity index (χ4v) is 2.29. The molecule has 0 atom stereocenters. The highest BCUT2D eigenvalue weighted by Crippen LogP contribution is 2.16. The number of hydrogen-bond acceptors (Lipinski definition) is 2. The molecule has 2 amide bonds. The highest BCUT2D eigenvalue weighted by molar-refractivity contribution is 14.1. The normalized spacial score (nSPS) is 10.0. The zero-order valence-corrected chi connectivity index (χ0v) is 13.9. The zero-order valence-electron chi connectivity index (χ0n) is 11.7. The molecule has 0 aliphatic heterocycles. The molecule has 110 valence electrons. The van der Waals surface area contributed by atoms with Crippen molar-refractivity contribution in [2.75, 3.05) is 18.5 Å². The molecule has 2 rings (SSSR count). The van der Waals surface area contributed by atoms with Gasteiger partial charge in [0, 0.05) is 3.57 Å². The van der Waals surface area contributed by atoms with Crippen LogP contribution in [-0.4, -0.2) is 19.2 Å². The predicted octanol–water partition coefficient (Wildman–Crippen LogP) is 3.80. The SMILES string of the molecule is Cc1cccc(OCCNC(=O)Nc2ccccc2I)c1. The van der Waals surface area contributed by atoms with E-state index in [0.717, 1.165) is 20.6 Å². The van der Waals surface area contributed by atoms with Crippen LogP contribution in [0.15, 0.2) is 48.5 Å². The van der Waals surface area contributed by atoms with Crippen LogP contribution in [-0.2, 0) is 0 Å². The molecule has 0 aromatic heterocycles. The van der Waals surface area contributed by atoms with Gasteiger partial charge in [-0.3, -0.25) is 0 Å². The lowest BCUT2D eigenvalue weighted by Gasteiger charge is -2.10. The van der Waals surface area contributed by atoms with E-state index in [1.165, 1.54) is 0 Å². The van der Waals surface area contributed by atoms with E-state index in [-0.39, 0.29) is 6.03 Å². The Morgan fingerprint density at radius 2 is 2.00 bits per heavy atom. The van der Waals surface area contributed by atoms with E-state index in [9.17, 15) is 4.79 Å². The lowest BCUT2D eigenvalue weighted by molar-refractivity contribution is 0.247. The van der Waals surface area contributed by atoms with Crippen LogP contribution < -0.4 is 15.4 Å². The smallest absolute Gasteiger partial charge is 0.319 e. The third kappa shape index (κ3) is 5.26. The Balaban J connectivity index is 1.71. The predicted molar refractivity (Wildman–Crippen MR) is 92.9 cm³/mol. The van der Waals surface area contributed by atoms with Crippen LogP contribution in [0.2, 0.25) is 0 Å². The molecule has 2 N–H and O–H groups in total. The van der Waals surface area contributed by atoms with Gasteiger partial charge < -0.3 is 15.4 Å². The number of carbonyl (C=O) groups excluding carboxylic acids is 1. The second-order valence-electron chi connectivity index (χ2n) is 4.53. The Bertz CT molecular complexity index is 617. The first kappa shape index (κ1) is 15.6. The van der Waals surface area contributed by atoms with Crippen LogP contribution in [0.3, 0.4) is 0 Å². The summed E-state index contributed by atoms with van der Waals surface area (Å²) < 4.78 is 6.57. The molecule has 0 saturated heterocycles. The molecule has 0 unspecified atom stereocenters. The van der Waals surface area contributed by atoms with E-state index in [2.05, 4.69) is 33.2 Å². The average Bonchev–Trinajstić information content (AvgIpc) is 2.46. The summed E-state index contributed by atoms with van der Waals surface area (Å²) in [7, 11) is 0. The number of rotatable bonds is 5. The third-order valence-electron chi connectivity index (χ3n) is 2.77. The van der Waals surface area contributed by atoms with E-state index >= 15 is 0 Å². The summed E-state index contributed by atoms with van der Waals surface area (Å²) in [4.78, 5) is 11.7. The monoisotopic (exact) mass is 396 g/mol. The minimum Gasteiger partial charge on any atom is -0.492 e. The van der Waals surface area contributed by atoms with Crippen LogP contribution >= 0.6 is 22.6 Å². The van der Waals surface area contributed by atoms with Crippen molar-refractivity contribution in [3.63, 3.8) is 0 Å². The number of aryl methyl sites for hydroxylation is 1. The lowest BCUT2D eigenvalue weighted by Crippen LogP contribution is -2.32. The standard InChI is InChI=1S/C16H17IN2O2/c1-12-5-4-6-13(11-12)21-10-9-18-16(20)19-15-8-3-2-7-14(15)17/h2-8,11H,9-10H2,1H3,(H2,18,19,20). The van der Waals surface area contributed by atoms with E-state index in [4.69, 9.17) is 4.74 Å². The Hall–Kier alpha value is -1.76. The summed E-state index contributed by atoms with van der Waals surface area (Å²) in [5, 5.41) is 5.57. The summed E-state index contributed by atoms with van der Waals surface area (Å²) in [6.07, 6.45) is 0. The Morgan fingerprint density at radius 1 is 1.19 bits per heavy atom. The van der Waals surface area contributed by atoms with Gasteiger partial charge in [0.1, 0.15) is 12.4 Å². The van der Waals surface area contributed by atoms with Gasteiger partial charge in [-0.15, -0.1) is 0 Å². The number of anilines is 1. The lowest BCUT2D eigenvalue weighted by atomic mass is 10.2. The van der Waals surface area contributed by atoms with Crippen molar-refractivity contribution in [2.45, 2.75) is 6.92 Å². The van der Waals surface area contributed by atoms with Crippen molar-refractivity contribution < 1.29 is 9.53 Å². The maximum Gasteiger partial charge on any atom is 0.319 e. The third-order valence-corrected chi connectivity index (χ3v) is 3.71. The topological polar surface area (TPSA) is 50.4 Å². The molecule has 2 aromatic carbocycles. The fraction of sp³-hybridized carbons (Fsp3) is 0.188. The van der Waals surface area contributed by atoms with Crippen molar-refractivity contribution in [3.8, 4) is 5.75 Å². The van der Waals surface area contributed by atoms with Gasteiger partial charge in [0.25, 0.3) is 0 Å². The highest BCUT2D eigenvalue weighted by Gasteiger charge is 2.03. The largest absolute Gasteiger partial charge is 0.492 e. The first-order valence-corrected chi connectivity index (χ1v) is 7.72. The van der Waals surface area contributed by atoms with Gasteiger partial charge in [-0.25, -0.2) is 4.79 Å². The van der Waals surface area contributed by atoms with E-state index in [1.54, 1.807) is 0 Å². The number of amides is 2. The van der Waals surface area contributed by atoms with Crippen molar-refractivity contribution in [2.24, 2.45) is 0 Å². The number of ether oxygens (including phenoxy) is 1. The van der Waals surface area contributed by atoms with Gasteiger partial charge in [0.15, 0.2) is 0 Å². The number of nitrogens with one attached hydrogen (secondary N) is 2. The summed E-state index contributed by atoms with van der Waals surface area (Å²) in [6, 6.07) is 15.2. The first-order chi connectivity index (χ1) is 10.1. The molecule has 0 aliphatic carbocycles. The van der Waals surface area contributed by atoms with Gasteiger partial charge in [-0.05, 0) is 59.3 Å². The molecular weight excluding hydrogens is 379 g/mol. The quantitative estimate of drug-likeness (QED) is 0.597. The van der Waals surface area contributed by atoms with Gasteiger partial charge in [0.05, 0.1) is 12.2 Å². The number of urea groups is 1. The number of hydrogen-bond donors (Lipinski definition) is 2. The summed E-state index contributed by atoms with van der Waals surface area (Å²) >= 11 is 2.18. The molecule has 5 heteroatoms. The van der Waals surface area contributed by atoms with E-state index < -0.39 is 0 Å². The van der Waals surface area contributed by atoms with Crippen molar-refractivity contribution in [1.82, 2.24) is 5.32 Å². The average molecular weight is 396 g/mol. The van der Waals surface area contributed by atoms with Gasteiger partial charge in [0.2, 0.25) is 0 Å². The Labute approximate surface area is 138 Å². The number of benzene rings is 2. The summed E-state index contributed by atoms with van der Waals surface area (Å²) in [5.74, 6) is 0.815. The second-order valence-corrected chi connectivity index (χ2v) is 5.69. The van der Waals surface area contributed by atoms with Crippen LogP contribution in [0.5, 0.6) is 5.75 Å². The van der Waals surface area contributed by atoms with Crippen molar-refractivity contribution in [1.29, 1.82) is 0 Å². The molecule has 4 nitrogen and oxygen atoms in total. The molecular formula is C16H17IN2O2. The molecule has 0 heterocycles. The minimum atomic E-state index is -0.230. The first-order valence-electron chi connectivity index (χ1n) is 6.64. The molecule has 0 aliphatic rings. The van der Waals surface area contributed by atoms with Gasteiger partial charge in [-0.2, -0.15) is 0 Å². The molecule has 0 radical (unpaired) electrons. The minimum absolute atomic E-state index is 0.230. The Kier molecular flexibility index (Phi) is 5.86. The van der Waals surface area contributed by atoms with Crippen LogP contribution in [0.1, 0.15) is 5.56 Å². The second kappa shape index (κ2) is 7.87. The Morgan fingerprint density at radius 3 is 2.76 bits per heavy atom. The maximum atomic E-state index is 11.7. The van der Waals surface area contributed by atoms with Crippen LogP contribution in [0.25, 0.3) is 0 Å². The maximum absolute atomic E-state index is 11.7. The van der Waals surface area contributed by atoms with E-state index in [0.29, 0.717) is 13.2 Å². The molecule has 0 saturated carbocycles. The number of para-hydroxylation sites is 1. The zero-order chi connectivity index (χ0) is 15.1. The molecule has 0 fully saturated rings. The fourth-order valence-electron chi connectivity index (χ4n) is 1.77. The number of carbonyl (C=O) groups is 1. The summed E-state index contributed by atoms with van der Waals surface area (Å²) in [5.41, 5.74) is 1.95. The molecule has 21 heavy (non-hydrogen) atoms. The number of halogens is 1. The molecule has 0 spiro atoms. The molecule has 2 aromatic rings. The van der Waals surface area contributed by atoms with Crippen LogP contribution in [0.4, 0.5) is 10.5 Å². The summed E-state index contributed by atoms with van der Waals surface area (Å²) in [6.45, 7) is 2.89. The van der Waals surface area contributed by atoms with Crippen LogP contribution in [0, 0.1) is 10.5 Å². The molecule has 0 bridgehead atoms. The van der Waals surface area contributed by atoms with Crippen molar-refractivity contribution >= 4 is 34.3 Å². The van der Waals surface area contributed by atoms with Gasteiger partial charge in [-0.1, -0.05) is 24.3 Å². The van der Waals surface area contributed by atoms with Gasteiger partial charge >= 0.3 is 6.03 Å². The van der Waals surface area contributed by atoms with Crippen molar-refractivity contribution in [3.05, 3.63) is 57.7 Å². The van der Waals surface area contributed by atoms with E-state index in [1.807, 2.05) is 55.5 Å².